The van der Waals surface area contributed by atoms with E-state index in [4.69, 9.17) is 14.9 Å². The van der Waals surface area contributed by atoms with Crippen LogP contribution in [0.4, 0.5) is 17.1 Å². The van der Waals surface area contributed by atoms with Crippen molar-refractivity contribution in [2.45, 2.75) is 60.3 Å². The molecular formula is C45H45N5O4S. The lowest BCUT2D eigenvalue weighted by Crippen LogP contribution is -2.24. The van der Waals surface area contributed by atoms with Gasteiger partial charge in [0.15, 0.2) is 11.5 Å². The Labute approximate surface area is 323 Å². The number of fused-ring (bicyclic) bond motifs is 2. The van der Waals surface area contributed by atoms with Crippen LogP contribution in [-0.2, 0) is 15.4 Å². The molecule has 9 nitrogen and oxygen atoms in total. The molecule has 2 N–H and O–H groups in total. The van der Waals surface area contributed by atoms with Crippen LogP contribution in [0.3, 0.4) is 0 Å². The molecule has 0 bridgehead atoms. The Bertz CT molecular complexity index is 2570. The highest BCUT2D eigenvalue weighted by atomic mass is 32.2. The Morgan fingerprint density at radius 2 is 1.38 bits per heavy atom. The molecule has 0 radical (unpaired) electrons. The Morgan fingerprint density at radius 1 is 0.764 bits per heavy atom. The number of aromatic nitrogens is 2. The van der Waals surface area contributed by atoms with Crippen molar-refractivity contribution in [1.82, 2.24) is 10.2 Å². The Kier molecular flexibility index (Phi) is 10.5. The molecule has 0 amide bonds. The van der Waals surface area contributed by atoms with Gasteiger partial charge in [-0.1, -0.05) is 103 Å². The van der Waals surface area contributed by atoms with Crippen LogP contribution in [0.5, 0.6) is 11.5 Å². The summed E-state index contributed by atoms with van der Waals surface area (Å²) < 4.78 is 34.1. The van der Waals surface area contributed by atoms with E-state index in [2.05, 4.69) is 62.9 Å². The Balaban J connectivity index is 0.00000253. The zero-order chi connectivity index (χ0) is 39.7. The van der Waals surface area contributed by atoms with E-state index in [9.17, 15) is 18.5 Å². The zero-order valence-electron chi connectivity index (χ0n) is 32.4. The lowest BCUT2D eigenvalue weighted by molar-refractivity contribution is 0.104. The van der Waals surface area contributed by atoms with E-state index in [1.54, 1.807) is 60.7 Å². The Morgan fingerprint density at radius 3 is 2.00 bits per heavy atom. The first-order valence-corrected chi connectivity index (χ1v) is 20.2. The molecule has 10 heteroatoms. The molecule has 0 fully saturated rings. The lowest BCUT2D eigenvalue weighted by atomic mass is 9.72. The van der Waals surface area contributed by atoms with Crippen LogP contribution in [0.1, 0.15) is 81.9 Å². The highest BCUT2D eigenvalue weighted by molar-refractivity contribution is 7.92. The average molecular weight is 752 g/mol. The minimum absolute atomic E-state index is 0.0624. The quantitative estimate of drug-likeness (QED) is 0.149. The number of rotatable bonds is 9. The molecule has 0 saturated heterocycles. The number of para-hydroxylation sites is 1. The fraction of sp³-hybridized carbons (Fsp3) is 0.244. The minimum Gasteiger partial charge on any atom is -0.455 e. The van der Waals surface area contributed by atoms with E-state index in [1.165, 1.54) is 5.56 Å². The third-order valence-electron chi connectivity index (χ3n) is 9.28. The number of hydrogen-bond donors (Lipinski definition) is 2. The summed E-state index contributed by atoms with van der Waals surface area (Å²) >= 11 is 0. The number of ether oxygens (including phenoxy) is 1. The van der Waals surface area contributed by atoms with Crippen molar-refractivity contribution in [3.8, 4) is 40.0 Å². The van der Waals surface area contributed by atoms with Crippen LogP contribution in [-0.4, -0.2) is 30.7 Å². The third kappa shape index (κ3) is 8.08. The van der Waals surface area contributed by atoms with E-state index in [0.29, 0.717) is 78.5 Å². The molecule has 1 heterocycles. The van der Waals surface area contributed by atoms with Gasteiger partial charge in [0.05, 0.1) is 34.8 Å². The van der Waals surface area contributed by atoms with Crippen LogP contribution in [0.2, 0.25) is 0 Å². The highest BCUT2D eigenvalue weighted by Gasteiger charge is 2.34. The highest BCUT2D eigenvalue weighted by Crippen LogP contribution is 2.50. The number of nitrogens with zero attached hydrogens (tertiary/aromatic N) is 3. The first-order valence-electron chi connectivity index (χ1n) is 18.3. The molecule has 280 valence electrons. The standard InChI is InChI=1S/C43H39N5O4S.C2H6/c1-42(2,3)25-43(4,5)27-17-21-29(22-18-27)52-35-23-34(45-28-19-15-26(24-44)16-20-28)37-38-36(30-11-7-8-12-31(30)41(37)49)39(46-47-40(35)38)32-13-9-10-14-33(32)48-53(6,50)51;1-2/h7-23,45,48H,25H2,1-6H3;1-2H3. The fourth-order valence-electron chi connectivity index (χ4n) is 7.45. The van der Waals surface area contributed by atoms with Crippen molar-refractivity contribution in [3.63, 3.8) is 0 Å². The van der Waals surface area contributed by atoms with Gasteiger partial charge in [0.2, 0.25) is 10.0 Å². The number of hydrogen-bond acceptors (Lipinski definition) is 8. The summed E-state index contributed by atoms with van der Waals surface area (Å²) in [6, 6.07) is 33.2. The van der Waals surface area contributed by atoms with Gasteiger partial charge in [-0.05, 0) is 70.8 Å². The molecule has 0 atom stereocenters. The number of benzene rings is 5. The topological polar surface area (TPSA) is 134 Å². The average Bonchev–Trinajstić information content (AvgIpc) is 3.14. The van der Waals surface area contributed by atoms with Gasteiger partial charge in [-0.25, -0.2) is 8.42 Å². The van der Waals surface area contributed by atoms with Crippen molar-refractivity contribution in [3.05, 3.63) is 125 Å². The lowest BCUT2D eigenvalue weighted by Gasteiger charge is -2.33. The summed E-state index contributed by atoms with van der Waals surface area (Å²) in [5.41, 5.74) is 6.61. The maximum Gasteiger partial charge on any atom is 0.229 e. The summed E-state index contributed by atoms with van der Waals surface area (Å²) in [6.45, 7) is 15.2. The molecule has 0 saturated carbocycles. The van der Waals surface area contributed by atoms with E-state index >= 15 is 0 Å². The van der Waals surface area contributed by atoms with Crippen LogP contribution in [0.25, 0.3) is 33.3 Å². The summed E-state index contributed by atoms with van der Waals surface area (Å²) in [6.07, 6.45) is 2.09. The predicted octanol–water partition coefficient (Wildman–Crippen LogP) is 11.0. The number of sulfonamides is 1. The van der Waals surface area contributed by atoms with Crippen molar-refractivity contribution in [2.24, 2.45) is 5.41 Å². The number of anilines is 3. The molecule has 0 unspecified atom stereocenters. The van der Waals surface area contributed by atoms with Gasteiger partial charge in [0, 0.05) is 33.8 Å². The van der Waals surface area contributed by atoms with E-state index < -0.39 is 10.0 Å². The zero-order valence-corrected chi connectivity index (χ0v) is 33.2. The molecular weight excluding hydrogens is 707 g/mol. The summed E-state index contributed by atoms with van der Waals surface area (Å²) in [4.78, 5) is 14.5. The van der Waals surface area contributed by atoms with Gasteiger partial charge in [0.25, 0.3) is 0 Å². The van der Waals surface area contributed by atoms with Gasteiger partial charge < -0.3 is 10.1 Å². The molecule has 5 aromatic carbocycles. The second-order valence-corrected chi connectivity index (χ2v) is 17.0. The number of nitrogens with one attached hydrogen (secondary N) is 2. The predicted molar refractivity (Wildman–Crippen MR) is 222 cm³/mol. The van der Waals surface area contributed by atoms with E-state index in [1.807, 2.05) is 44.2 Å². The number of carbonyl (C=O) groups is 1. The second-order valence-electron chi connectivity index (χ2n) is 15.3. The van der Waals surface area contributed by atoms with Gasteiger partial charge in [0.1, 0.15) is 17.0 Å². The maximum absolute atomic E-state index is 14.5. The van der Waals surface area contributed by atoms with Gasteiger partial charge >= 0.3 is 0 Å². The van der Waals surface area contributed by atoms with Crippen molar-refractivity contribution in [2.75, 3.05) is 16.3 Å². The molecule has 1 aromatic heterocycles. The second kappa shape index (κ2) is 15.0. The van der Waals surface area contributed by atoms with Gasteiger partial charge in [-0.2, -0.15) is 5.26 Å². The molecule has 55 heavy (non-hydrogen) atoms. The smallest absolute Gasteiger partial charge is 0.229 e. The summed E-state index contributed by atoms with van der Waals surface area (Å²) in [5, 5.41) is 22.8. The largest absolute Gasteiger partial charge is 0.455 e. The number of ketones is 1. The summed E-state index contributed by atoms with van der Waals surface area (Å²) in [7, 11) is -3.65. The first kappa shape index (κ1) is 38.7. The third-order valence-corrected chi connectivity index (χ3v) is 9.87. The minimum atomic E-state index is -3.65. The molecule has 0 aliphatic heterocycles. The number of nitriles is 1. The Hall–Kier alpha value is -6.05. The van der Waals surface area contributed by atoms with Crippen molar-refractivity contribution < 1.29 is 17.9 Å². The molecule has 7 rings (SSSR count). The van der Waals surface area contributed by atoms with Crippen LogP contribution < -0.4 is 14.8 Å². The summed E-state index contributed by atoms with van der Waals surface area (Å²) in [5.74, 6) is 0.738. The van der Waals surface area contributed by atoms with Crippen LogP contribution >= 0.6 is 0 Å². The molecule has 6 aromatic rings. The fourth-order valence-corrected chi connectivity index (χ4v) is 8.02. The molecule has 0 spiro atoms. The van der Waals surface area contributed by atoms with Gasteiger partial charge in [-0.15, -0.1) is 10.2 Å². The van der Waals surface area contributed by atoms with E-state index in [-0.39, 0.29) is 16.6 Å². The maximum atomic E-state index is 14.5. The van der Waals surface area contributed by atoms with Crippen LogP contribution in [0, 0.1) is 16.7 Å². The monoisotopic (exact) mass is 751 g/mol. The molecule has 1 aliphatic carbocycles. The van der Waals surface area contributed by atoms with Crippen LogP contribution in [0.15, 0.2) is 103 Å². The normalized spacial score (nSPS) is 12.2. The van der Waals surface area contributed by atoms with Crippen molar-refractivity contribution in [1.29, 1.82) is 5.26 Å². The van der Waals surface area contributed by atoms with Gasteiger partial charge in [-0.3, -0.25) is 9.52 Å². The number of carbonyl (C=O) groups excluding carboxylic acids is 1. The first-order chi connectivity index (χ1) is 26.1. The molecule has 1 aliphatic rings. The van der Waals surface area contributed by atoms with Crippen molar-refractivity contribution >= 4 is 43.8 Å². The SMILES string of the molecule is CC.CC(C)(C)CC(C)(C)c1ccc(Oc2cc(Nc3ccc(C#N)cc3)c3c4c(c(-c5ccccc5NS(C)(=O)=O)nnc24)-c2ccccc2C3=O)cc1. The van der Waals surface area contributed by atoms with E-state index in [0.717, 1.165) is 12.7 Å².